The number of likely N-dealkylation sites (N-methyl/N-ethyl adjacent to an activating group) is 1. The van der Waals surface area contributed by atoms with Crippen LogP contribution in [0, 0.1) is 5.92 Å². The molecular formula is C13H27NO2. The molecule has 1 aliphatic rings. The van der Waals surface area contributed by atoms with Gasteiger partial charge >= 0.3 is 0 Å². The predicted molar refractivity (Wildman–Crippen MR) is 66.7 cm³/mol. The van der Waals surface area contributed by atoms with E-state index in [9.17, 15) is 0 Å². The summed E-state index contributed by atoms with van der Waals surface area (Å²) in [5.41, 5.74) is 0. The molecule has 3 atom stereocenters. The van der Waals surface area contributed by atoms with Gasteiger partial charge in [0.2, 0.25) is 0 Å². The van der Waals surface area contributed by atoms with Gasteiger partial charge in [-0.25, -0.2) is 0 Å². The Hall–Kier alpha value is -0.120. The zero-order valence-electron chi connectivity index (χ0n) is 11.0. The van der Waals surface area contributed by atoms with Crippen LogP contribution < -0.4 is 5.32 Å². The van der Waals surface area contributed by atoms with Crippen molar-refractivity contribution in [3.8, 4) is 0 Å². The molecule has 0 radical (unpaired) electrons. The first-order chi connectivity index (χ1) is 7.77. The van der Waals surface area contributed by atoms with Crippen molar-refractivity contribution in [2.45, 2.75) is 51.7 Å². The molecule has 0 heterocycles. The van der Waals surface area contributed by atoms with E-state index in [1.165, 1.54) is 19.3 Å². The van der Waals surface area contributed by atoms with Crippen LogP contribution >= 0.6 is 0 Å². The van der Waals surface area contributed by atoms with E-state index < -0.39 is 0 Å². The topological polar surface area (TPSA) is 30.5 Å². The zero-order chi connectivity index (χ0) is 11.8. The molecule has 3 unspecified atom stereocenters. The maximum Gasteiger partial charge on any atom is 0.0731 e. The third kappa shape index (κ3) is 4.81. The summed E-state index contributed by atoms with van der Waals surface area (Å²) in [6, 6.07) is 0.530. The molecule has 0 aromatic carbocycles. The molecule has 3 heteroatoms. The lowest BCUT2D eigenvalue weighted by Gasteiger charge is -2.34. The Labute approximate surface area is 99.9 Å². The zero-order valence-corrected chi connectivity index (χ0v) is 11.0. The highest BCUT2D eigenvalue weighted by molar-refractivity contribution is 4.83. The molecule has 1 rings (SSSR count). The fourth-order valence-corrected chi connectivity index (χ4v) is 2.35. The maximum atomic E-state index is 5.92. The molecule has 1 aliphatic carbocycles. The Morgan fingerprint density at radius 1 is 1.19 bits per heavy atom. The van der Waals surface area contributed by atoms with E-state index in [0.717, 1.165) is 32.2 Å². The van der Waals surface area contributed by atoms with Gasteiger partial charge in [0.25, 0.3) is 0 Å². The van der Waals surface area contributed by atoms with Gasteiger partial charge in [0.05, 0.1) is 19.3 Å². The molecule has 0 saturated heterocycles. The van der Waals surface area contributed by atoms with Gasteiger partial charge in [-0.05, 0) is 38.6 Å². The van der Waals surface area contributed by atoms with E-state index in [1.54, 1.807) is 0 Å². The molecular weight excluding hydrogens is 202 g/mol. The average Bonchev–Trinajstić information content (AvgIpc) is 2.29. The van der Waals surface area contributed by atoms with Gasteiger partial charge in [0.15, 0.2) is 0 Å². The highest BCUT2D eigenvalue weighted by Gasteiger charge is 2.27. The van der Waals surface area contributed by atoms with Gasteiger partial charge in [0.1, 0.15) is 0 Å². The van der Waals surface area contributed by atoms with Crippen LogP contribution in [0.4, 0.5) is 0 Å². The van der Waals surface area contributed by atoms with Crippen molar-refractivity contribution in [2.75, 3.05) is 26.9 Å². The van der Waals surface area contributed by atoms with E-state index in [2.05, 4.69) is 19.2 Å². The van der Waals surface area contributed by atoms with E-state index in [-0.39, 0.29) is 0 Å². The highest BCUT2D eigenvalue weighted by atomic mass is 16.5. The van der Waals surface area contributed by atoms with Gasteiger partial charge in [0, 0.05) is 12.6 Å². The van der Waals surface area contributed by atoms with Crippen LogP contribution in [0.25, 0.3) is 0 Å². The first-order valence-corrected chi connectivity index (χ1v) is 6.64. The molecule has 0 aromatic rings. The van der Waals surface area contributed by atoms with Gasteiger partial charge in [-0.15, -0.1) is 0 Å². The van der Waals surface area contributed by atoms with E-state index in [4.69, 9.17) is 9.47 Å². The minimum absolute atomic E-state index is 0.374. The molecule has 3 nitrogen and oxygen atoms in total. The first-order valence-electron chi connectivity index (χ1n) is 6.64. The maximum absolute atomic E-state index is 5.92. The largest absolute Gasteiger partial charge is 0.379 e. The molecule has 1 fully saturated rings. The summed E-state index contributed by atoms with van der Waals surface area (Å²) in [6.45, 7) is 6.75. The summed E-state index contributed by atoms with van der Waals surface area (Å²) >= 11 is 0. The third-order valence-electron chi connectivity index (χ3n) is 3.33. The lowest BCUT2D eigenvalue weighted by Crippen LogP contribution is -2.44. The SMILES string of the molecule is CCCOCCOC1CC(C)CCC1NC. The number of ether oxygens (including phenoxy) is 2. The summed E-state index contributed by atoms with van der Waals surface area (Å²) < 4.78 is 11.3. The van der Waals surface area contributed by atoms with Crippen molar-refractivity contribution in [1.29, 1.82) is 0 Å². The van der Waals surface area contributed by atoms with Gasteiger partial charge in [-0.2, -0.15) is 0 Å². The van der Waals surface area contributed by atoms with Crippen LogP contribution in [-0.4, -0.2) is 39.0 Å². The predicted octanol–water partition coefficient (Wildman–Crippen LogP) is 2.21. The van der Waals surface area contributed by atoms with Crippen LogP contribution in [0.15, 0.2) is 0 Å². The number of hydrogen-bond acceptors (Lipinski definition) is 3. The molecule has 1 saturated carbocycles. The van der Waals surface area contributed by atoms with E-state index >= 15 is 0 Å². The van der Waals surface area contributed by atoms with Gasteiger partial charge < -0.3 is 14.8 Å². The first kappa shape index (κ1) is 13.9. The summed E-state index contributed by atoms with van der Waals surface area (Å²) in [5.74, 6) is 0.797. The van der Waals surface area contributed by atoms with Crippen molar-refractivity contribution in [2.24, 2.45) is 5.92 Å². The van der Waals surface area contributed by atoms with Crippen LogP contribution in [0.3, 0.4) is 0 Å². The van der Waals surface area contributed by atoms with Crippen LogP contribution in [-0.2, 0) is 9.47 Å². The monoisotopic (exact) mass is 229 g/mol. The van der Waals surface area contributed by atoms with E-state index in [1.807, 2.05) is 7.05 Å². The van der Waals surface area contributed by atoms with Crippen LogP contribution in [0.5, 0.6) is 0 Å². The van der Waals surface area contributed by atoms with Gasteiger partial charge in [-0.3, -0.25) is 0 Å². The molecule has 0 spiro atoms. The average molecular weight is 229 g/mol. The van der Waals surface area contributed by atoms with Gasteiger partial charge in [-0.1, -0.05) is 13.8 Å². The number of nitrogens with one attached hydrogen (secondary N) is 1. The minimum atomic E-state index is 0.374. The third-order valence-corrected chi connectivity index (χ3v) is 3.33. The highest BCUT2D eigenvalue weighted by Crippen LogP contribution is 2.26. The second-order valence-corrected chi connectivity index (χ2v) is 4.84. The Kier molecular flexibility index (Phi) is 7.01. The Bertz CT molecular complexity index is 175. The summed E-state index contributed by atoms with van der Waals surface area (Å²) in [6.07, 6.45) is 5.19. The molecule has 96 valence electrons. The fraction of sp³-hybridized carbons (Fsp3) is 1.00. The summed E-state index contributed by atoms with van der Waals surface area (Å²) in [4.78, 5) is 0. The minimum Gasteiger partial charge on any atom is -0.379 e. The van der Waals surface area contributed by atoms with Crippen molar-refractivity contribution in [3.63, 3.8) is 0 Å². The molecule has 0 bridgehead atoms. The van der Waals surface area contributed by atoms with Crippen molar-refractivity contribution in [3.05, 3.63) is 0 Å². The van der Waals surface area contributed by atoms with Crippen LogP contribution in [0.2, 0.25) is 0 Å². The Morgan fingerprint density at radius 2 is 2.00 bits per heavy atom. The standard InChI is InChI=1S/C13H27NO2/c1-4-7-15-8-9-16-13-10-11(2)5-6-12(13)14-3/h11-14H,4-10H2,1-3H3. The summed E-state index contributed by atoms with van der Waals surface area (Å²) in [7, 11) is 2.03. The molecule has 0 aromatic heterocycles. The smallest absolute Gasteiger partial charge is 0.0731 e. The lowest BCUT2D eigenvalue weighted by atomic mass is 9.85. The van der Waals surface area contributed by atoms with Crippen molar-refractivity contribution in [1.82, 2.24) is 5.32 Å². The van der Waals surface area contributed by atoms with Crippen LogP contribution in [0.1, 0.15) is 39.5 Å². The number of hydrogen-bond donors (Lipinski definition) is 1. The molecule has 0 aliphatic heterocycles. The Balaban J connectivity index is 2.16. The summed E-state index contributed by atoms with van der Waals surface area (Å²) in [5, 5.41) is 3.36. The molecule has 16 heavy (non-hydrogen) atoms. The van der Waals surface area contributed by atoms with E-state index in [0.29, 0.717) is 12.1 Å². The lowest BCUT2D eigenvalue weighted by molar-refractivity contribution is -0.0329. The Morgan fingerprint density at radius 3 is 2.69 bits per heavy atom. The molecule has 1 N–H and O–H groups in total. The second-order valence-electron chi connectivity index (χ2n) is 4.84. The number of rotatable bonds is 7. The second kappa shape index (κ2) is 8.04. The normalized spacial score (nSPS) is 30.6. The molecule has 0 amide bonds. The van der Waals surface area contributed by atoms with Crippen molar-refractivity contribution < 1.29 is 9.47 Å². The quantitative estimate of drug-likeness (QED) is 0.679. The van der Waals surface area contributed by atoms with Crippen molar-refractivity contribution >= 4 is 0 Å². The fourth-order valence-electron chi connectivity index (χ4n) is 2.35.